The quantitative estimate of drug-likeness (QED) is 0.571. The highest BCUT2D eigenvalue weighted by Gasteiger charge is 2.12. The molecule has 0 aromatic carbocycles. The Kier molecular flexibility index (Phi) is 7.83. The molecule has 1 atom stereocenters. The van der Waals surface area contributed by atoms with Crippen molar-refractivity contribution in [1.29, 1.82) is 0 Å². The van der Waals surface area contributed by atoms with Gasteiger partial charge in [0, 0.05) is 12.8 Å². The lowest BCUT2D eigenvalue weighted by Gasteiger charge is -2.13. The van der Waals surface area contributed by atoms with Gasteiger partial charge in [-0.3, -0.25) is 4.79 Å². The largest absolute Gasteiger partial charge is 0.300 e. The molecule has 0 fully saturated rings. The molecule has 84 valence electrons. The first-order valence-electron chi connectivity index (χ1n) is 6.11. The molecule has 14 heavy (non-hydrogen) atoms. The molecule has 0 bridgehead atoms. The molecule has 0 N–H and O–H groups in total. The van der Waals surface area contributed by atoms with E-state index < -0.39 is 0 Å². The maximum atomic E-state index is 11.6. The number of hydrogen-bond acceptors (Lipinski definition) is 1. The first-order valence-corrected chi connectivity index (χ1v) is 6.11. The summed E-state index contributed by atoms with van der Waals surface area (Å²) >= 11 is 0. The molecular weight excluding hydrogens is 172 g/mol. The van der Waals surface area contributed by atoms with Gasteiger partial charge in [0.1, 0.15) is 5.78 Å². The Balaban J connectivity index is 3.74. The van der Waals surface area contributed by atoms with Gasteiger partial charge in [0.05, 0.1) is 0 Å². The van der Waals surface area contributed by atoms with Crippen LogP contribution in [-0.2, 0) is 4.79 Å². The molecular formula is C13H26O. The zero-order chi connectivity index (χ0) is 11.0. The molecule has 0 rings (SSSR count). The van der Waals surface area contributed by atoms with Gasteiger partial charge in [-0.2, -0.15) is 0 Å². The summed E-state index contributed by atoms with van der Waals surface area (Å²) in [6.45, 7) is 8.64. The van der Waals surface area contributed by atoms with Crippen LogP contribution in [0.4, 0.5) is 0 Å². The fraction of sp³-hybridized carbons (Fsp3) is 0.923. The summed E-state index contributed by atoms with van der Waals surface area (Å²) < 4.78 is 0. The zero-order valence-electron chi connectivity index (χ0n) is 10.3. The highest BCUT2D eigenvalue weighted by molar-refractivity contribution is 5.78. The Morgan fingerprint density at radius 1 is 1.14 bits per heavy atom. The summed E-state index contributed by atoms with van der Waals surface area (Å²) in [6, 6.07) is 0. The zero-order valence-corrected chi connectivity index (χ0v) is 10.3. The number of hydrogen-bond donors (Lipinski definition) is 0. The van der Waals surface area contributed by atoms with Gasteiger partial charge in [0.15, 0.2) is 0 Å². The van der Waals surface area contributed by atoms with Crippen LogP contribution in [0.15, 0.2) is 0 Å². The summed E-state index contributed by atoms with van der Waals surface area (Å²) in [7, 11) is 0. The average molecular weight is 198 g/mol. The molecule has 1 heteroatoms. The van der Waals surface area contributed by atoms with Crippen molar-refractivity contribution >= 4 is 5.78 Å². The predicted molar refractivity (Wildman–Crippen MR) is 62.4 cm³/mol. The van der Waals surface area contributed by atoms with E-state index in [1.807, 2.05) is 0 Å². The van der Waals surface area contributed by atoms with Crippen molar-refractivity contribution in [3.8, 4) is 0 Å². The van der Waals surface area contributed by atoms with Crippen LogP contribution in [0.5, 0.6) is 0 Å². The minimum absolute atomic E-state index is 0.461. The first-order chi connectivity index (χ1) is 6.60. The molecule has 0 aromatic rings. The molecule has 0 heterocycles. The van der Waals surface area contributed by atoms with E-state index >= 15 is 0 Å². The normalized spacial score (nSPS) is 13.2. The van der Waals surface area contributed by atoms with E-state index in [9.17, 15) is 4.79 Å². The Hall–Kier alpha value is -0.330. The fourth-order valence-electron chi connectivity index (χ4n) is 1.80. The molecule has 0 aliphatic heterocycles. The van der Waals surface area contributed by atoms with E-state index in [1.165, 1.54) is 19.3 Å². The molecule has 0 radical (unpaired) electrons. The Labute approximate surface area is 89.3 Å². The molecule has 0 spiro atoms. The smallest absolute Gasteiger partial charge is 0.133 e. The van der Waals surface area contributed by atoms with Crippen LogP contribution < -0.4 is 0 Å². The third-order valence-electron chi connectivity index (χ3n) is 2.70. The highest BCUT2D eigenvalue weighted by atomic mass is 16.1. The summed E-state index contributed by atoms with van der Waals surface area (Å²) in [4.78, 5) is 11.6. The molecule has 0 aliphatic carbocycles. The molecule has 0 aromatic heterocycles. The summed E-state index contributed by atoms with van der Waals surface area (Å²) in [5.74, 6) is 1.62. The maximum absolute atomic E-state index is 11.6. The van der Waals surface area contributed by atoms with Crippen molar-refractivity contribution in [3.63, 3.8) is 0 Å². The maximum Gasteiger partial charge on any atom is 0.133 e. The molecule has 1 unspecified atom stereocenters. The van der Waals surface area contributed by atoms with Gasteiger partial charge in [0.25, 0.3) is 0 Å². The van der Waals surface area contributed by atoms with Gasteiger partial charge in [-0.15, -0.1) is 0 Å². The third kappa shape index (κ3) is 7.11. The number of rotatable bonds is 8. The van der Waals surface area contributed by atoms with Crippen molar-refractivity contribution < 1.29 is 4.79 Å². The van der Waals surface area contributed by atoms with Crippen molar-refractivity contribution in [2.75, 3.05) is 0 Å². The number of unbranched alkanes of at least 4 members (excludes halogenated alkanes) is 1. The molecule has 0 amide bonds. The summed E-state index contributed by atoms with van der Waals surface area (Å²) in [5.41, 5.74) is 0. The first kappa shape index (κ1) is 13.7. The lowest BCUT2D eigenvalue weighted by Crippen LogP contribution is -2.10. The van der Waals surface area contributed by atoms with Crippen LogP contribution >= 0.6 is 0 Å². The summed E-state index contributed by atoms with van der Waals surface area (Å²) in [6.07, 6.45) is 6.49. The second-order valence-corrected chi connectivity index (χ2v) is 4.76. The lowest BCUT2D eigenvalue weighted by atomic mass is 9.91. The Morgan fingerprint density at radius 2 is 1.79 bits per heavy atom. The number of carbonyl (C=O) groups is 1. The fourth-order valence-corrected chi connectivity index (χ4v) is 1.80. The van der Waals surface area contributed by atoms with Crippen LogP contribution in [-0.4, -0.2) is 5.78 Å². The predicted octanol–water partition coefficient (Wildman–Crippen LogP) is 4.21. The Morgan fingerprint density at radius 3 is 2.21 bits per heavy atom. The molecule has 0 saturated heterocycles. The second kappa shape index (κ2) is 8.02. The third-order valence-corrected chi connectivity index (χ3v) is 2.70. The monoisotopic (exact) mass is 198 g/mol. The molecule has 1 nitrogen and oxygen atoms in total. The van der Waals surface area contributed by atoms with Gasteiger partial charge >= 0.3 is 0 Å². The van der Waals surface area contributed by atoms with E-state index in [-0.39, 0.29) is 0 Å². The Bertz CT molecular complexity index is 149. The van der Waals surface area contributed by atoms with E-state index in [2.05, 4.69) is 27.7 Å². The number of ketones is 1. The van der Waals surface area contributed by atoms with E-state index in [4.69, 9.17) is 0 Å². The van der Waals surface area contributed by atoms with Crippen molar-refractivity contribution in [2.45, 2.75) is 66.2 Å². The molecule has 0 saturated carbocycles. The van der Waals surface area contributed by atoms with Crippen LogP contribution in [0.1, 0.15) is 66.2 Å². The molecule has 0 aliphatic rings. The van der Waals surface area contributed by atoms with Crippen molar-refractivity contribution in [3.05, 3.63) is 0 Å². The number of carbonyl (C=O) groups excluding carboxylic acids is 1. The van der Waals surface area contributed by atoms with E-state index in [0.717, 1.165) is 19.3 Å². The topological polar surface area (TPSA) is 17.1 Å². The van der Waals surface area contributed by atoms with Gasteiger partial charge < -0.3 is 0 Å². The van der Waals surface area contributed by atoms with Gasteiger partial charge in [0.2, 0.25) is 0 Å². The van der Waals surface area contributed by atoms with Crippen LogP contribution in [0, 0.1) is 11.8 Å². The van der Waals surface area contributed by atoms with Gasteiger partial charge in [-0.25, -0.2) is 0 Å². The summed E-state index contributed by atoms with van der Waals surface area (Å²) in [5, 5.41) is 0. The van der Waals surface area contributed by atoms with Crippen LogP contribution in [0.3, 0.4) is 0 Å². The average Bonchev–Trinajstić information content (AvgIpc) is 2.10. The van der Waals surface area contributed by atoms with Crippen molar-refractivity contribution in [2.24, 2.45) is 11.8 Å². The minimum Gasteiger partial charge on any atom is -0.300 e. The van der Waals surface area contributed by atoms with Crippen molar-refractivity contribution in [1.82, 2.24) is 0 Å². The van der Waals surface area contributed by atoms with Gasteiger partial charge in [-0.1, -0.05) is 53.4 Å². The van der Waals surface area contributed by atoms with Crippen LogP contribution in [0.2, 0.25) is 0 Å². The van der Waals surface area contributed by atoms with Crippen LogP contribution in [0.25, 0.3) is 0 Å². The lowest BCUT2D eigenvalue weighted by molar-refractivity contribution is -0.120. The van der Waals surface area contributed by atoms with E-state index in [0.29, 0.717) is 17.6 Å². The minimum atomic E-state index is 0.461. The number of Topliss-reactive ketones (excluding diaryl/α,β-unsaturated/α-hetero) is 1. The SMILES string of the molecule is CCCCC(CC)CC(=O)CC(C)C. The second-order valence-electron chi connectivity index (χ2n) is 4.76. The highest BCUT2D eigenvalue weighted by Crippen LogP contribution is 2.18. The van der Waals surface area contributed by atoms with Gasteiger partial charge in [-0.05, 0) is 11.8 Å². The standard InChI is InChI=1S/C13H26O/c1-5-7-8-12(6-2)10-13(14)9-11(3)4/h11-12H,5-10H2,1-4H3. The van der Waals surface area contributed by atoms with E-state index in [1.54, 1.807) is 0 Å².